The summed E-state index contributed by atoms with van der Waals surface area (Å²) in [4.78, 5) is 0. The van der Waals surface area contributed by atoms with E-state index < -0.39 is 0 Å². The molecule has 0 aliphatic heterocycles. The van der Waals surface area contributed by atoms with Crippen LogP contribution in [-0.2, 0) is 22.9 Å². The van der Waals surface area contributed by atoms with Crippen molar-refractivity contribution in [2.45, 2.75) is 19.4 Å². The number of nitrogens with two attached hydrogens (primary N) is 1. The fourth-order valence-electron chi connectivity index (χ4n) is 1.67. The highest BCUT2D eigenvalue weighted by Crippen LogP contribution is 2.21. The highest BCUT2D eigenvalue weighted by atomic mass is 79.9. The van der Waals surface area contributed by atoms with Crippen molar-refractivity contribution in [3.63, 3.8) is 0 Å². The Morgan fingerprint density at radius 1 is 1.50 bits per heavy atom. The number of aromatic nitrogens is 2. The predicted molar refractivity (Wildman–Crippen MR) is 73.2 cm³/mol. The first-order valence-electron chi connectivity index (χ1n) is 5.81. The van der Waals surface area contributed by atoms with E-state index in [4.69, 9.17) is 15.3 Å². The number of hydrogen-bond acceptors (Lipinski definition) is 5. The van der Waals surface area contributed by atoms with Crippen molar-refractivity contribution in [1.29, 1.82) is 0 Å². The molecule has 0 aliphatic rings. The molecule has 18 heavy (non-hydrogen) atoms. The molecule has 1 rings (SSSR count). The number of nitrogens with one attached hydrogen (secondary N) is 1. The molecular formula is C11H21BrN4O2. The number of rotatable bonds is 8. The lowest BCUT2D eigenvalue weighted by Gasteiger charge is -2.16. The molecule has 0 radical (unpaired) electrons. The zero-order valence-electron chi connectivity index (χ0n) is 11.1. The van der Waals surface area contributed by atoms with E-state index >= 15 is 0 Å². The molecule has 0 saturated carbocycles. The summed E-state index contributed by atoms with van der Waals surface area (Å²) in [6, 6.07) is 0.0490. The van der Waals surface area contributed by atoms with Crippen molar-refractivity contribution in [2.24, 2.45) is 12.9 Å². The molecule has 1 aromatic rings. The van der Waals surface area contributed by atoms with Crippen molar-refractivity contribution in [3.8, 4) is 0 Å². The van der Waals surface area contributed by atoms with Crippen molar-refractivity contribution in [3.05, 3.63) is 15.9 Å². The van der Waals surface area contributed by atoms with E-state index in [0.717, 1.165) is 22.3 Å². The van der Waals surface area contributed by atoms with Crippen LogP contribution in [-0.4, -0.2) is 42.8 Å². The van der Waals surface area contributed by atoms with Gasteiger partial charge < -0.3 is 9.47 Å². The molecule has 1 unspecified atom stereocenters. The van der Waals surface area contributed by atoms with Crippen LogP contribution < -0.4 is 11.3 Å². The van der Waals surface area contributed by atoms with Crippen LogP contribution in [0.1, 0.15) is 11.4 Å². The summed E-state index contributed by atoms with van der Waals surface area (Å²) in [6.45, 7) is 3.66. The summed E-state index contributed by atoms with van der Waals surface area (Å²) in [6.07, 6.45) is 0.751. The van der Waals surface area contributed by atoms with Gasteiger partial charge in [-0.05, 0) is 22.9 Å². The van der Waals surface area contributed by atoms with Crippen molar-refractivity contribution in [2.75, 3.05) is 26.9 Å². The third-order valence-corrected chi connectivity index (χ3v) is 3.72. The zero-order valence-corrected chi connectivity index (χ0v) is 12.7. The Bertz CT molecular complexity index is 370. The van der Waals surface area contributed by atoms with Crippen LogP contribution in [0.3, 0.4) is 0 Å². The van der Waals surface area contributed by atoms with Crippen LogP contribution in [0, 0.1) is 6.92 Å². The van der Waals surface area contributed by atoms with Gasteiger partial charge >= 0.3 is 0 Å². The maximum atomic E-state index is 5.54. The van der Waals surface area contributed by atoms with Gasteiger partial charge in [0.25, 0.3) is 0 Å². The fraction of sp³-hybridized carbons (Fsp3) is 0.727. The molecule has 1 atom stereocenters. The SMILES string of the molecule is COCCOCC(Cc1c(Br)c(C)nn1C)NN. The highest BCUT2D eigenvalue weighted by molar-refractivity contribution is 9.10. The van der Waals surface area contributed by atoms with Crippen molar-refractivity contribution < 1.29 is 9.47 Å². The Hall–Kier alpha value is -0.470. The highest BCUT2D eigenvalue weighted by Gasteiger charge is 2.16. The zero-order chi connectivity index (χ0) is 13.5. The normalized spacial score (nSPS) is 12.9. The third kappa shape index (κ3) is 4.33. The molecule has 0 spiro atoms. The molecule has 0 bridgehead atoms. The fourth-order valence-corrected chi connectivity index (χ4v) is 2.17. The van der Waals surface area contributed by atoms with Crippen molar-refractivity contribution >= 4 is 15.9 Å². The van der Waals surface area contributed by atoms with E-state index in [-0.39, 0.29) is 6.04 Å². The topological polar surface area (TPSA) is 74.3 Å². The van der Waals surface area contributed by atoms with Gasteiger partial charge in [0.05, 0.1) is 35.7 Å². The number of hydrogen-bond donors (Lipinski definition) is 2. The van der Waals surface area contributed by atoms with Gasteiger partial charge in [-0.1, -0.05) is 0 Å². The van der Waals surface area contributed by atoms with E-state index in [1.54, 1.807) is 7.11 Å². The second-order valence-corrected chi connectivity index (χ2v) is 4.90. The largest absolute Gasteiger partial charge is 0.382 e. The Kier molecular flexibility index (Phi) is 6.80. The van der Waals surface area contributed by atoms with Gasteiger partial charge in [0.1, 0.15) is 0 Å². The first-order valence-corrected chi connectivity index (χ1v) is 6.60. The molecule has 104 valence electrons. The Morgan fingerprint density at radius 3 is 2.72 bits per heavy atom. The van der Waals surface area contributed by atoms with Crippen LogP contribution in [0.2, 0.25) is 0 Å². The van der Waals surface area contributed by atoms with E-state index in [2.05, 4.69) is 26.5 Å². The molecule has 1 aromatic heterocycles. The lowest BCUT2D eigenvalue weighted by molar-refractivity contribution is 0.0585. The van der Waals surface area contributed by atoms with Gasteiger partial charge in [-0.25, -0.2) is 0 Å². The molecule has 6 nitrogen and oxygen atoms in total. The van der Waals surface area contributed by atoms with Gasteiger partial charge in [-0.2, -0.15) is 5.10 Å². The lowest BCUT2D eigenvalue weighted by Crippen LogP contribution is -2.41. The lowest BCUT2D eigenvalue weighted by atomic mass is 10.1. The van der Waals surface area contributed by atoms with E-state index in [0.29, 0.717) is 19.8 Å². The summed E-state index contributed by atoms with van der Waals surface area (Å²) in [5.74, 6) is 5.54. The molecule has 0 fully saturated rings. The Morgan fingerprint density at radius 2 is 2.22 bits per heavy atom. The molecule has 1 heterocycles. The number of methoxy groups -OCH3 is 1. The Labute approximate surface area is 116 Å². The molecule has 7 heteroatoms. The molecule has 0 amide bonds. The minimum absolute atomic E-state index is 0.0490. The van der Waals surface area contributed by atoms with E-state index in [1.165, 1.54) is 0 Å². The molecule has 3 N–H and O–H groups in total. The maximum Gasteiger partial charge on any atom is 0.0738 e. The maximum absolute atomic E-state index is 5.54. The van der Waals surface area contributed by atoms with Crippen LogP contribution in [0.5, 0.6) is 0 Å². The van der Waals surface area contributed by atoms with E-state index in [1.807, 2.05) is 18.7 Å². The summed E-state index contributed by atoms with van der Waals surface area (Å²) in [5, 5.41) is 4.35. The second kappa shape index (κ2) is 7.85. The minimum Gasteiger partial charge on any atom is -0.382 e. The summed E-state index contributed by atoms with van der Waals surface area (Å²) in [7, 11) is 3.57. The predicted octanol–water partition coefficient (Wildman–Crippen LogP) is 0.528. The standard InChI is InChI=1S/C11H21BrN4O2/c1-8-11(12)10(16(2)15-8)6-9(14-13)7-18-5-4-17-3/h9,14H,4-7,13H2,1-3H3. The number of aryl methyl sites for hydroxylation is 2. The second-order valence-electron chi connectivity index (χ2n) is 4.11. The van der Waals surface area contributed by atoms with Gasteiger partial charge in [-0.15, -0.1) is 0 Å². The summed E-state index contributed by atoms with van der Waals surface area (Å²) < 4.78 is 13.3. The van der Waals surface area contributed by atoms with Gasteiger partial charge in [0.2, 0.25) is 0 Å². The quantitative estimate of drug-likeness (QED) is 0.415. The van der Waals surface area contributed by atoms with Crippen molar-refractivity contribution in [1.82, 2.24) is 15.2 Å². The molecule has 0 saturated heterocycles. The van der Waals surface area contributed by atoms with Gasteiger partial charge in [0.15, 0.2) is 0 Å². The monoisotopic (exact) mass is 320 g/mol. The molecule has 0 aromatic carbocycles. The number of ether oxygens (including phenoxy) is 2. The average Bonchev–Trinajstić information content (AvgIpc) is 2.59. The molecular weight excluding hydrogens is 300 g/mol. The first kappa shape index (κ1) is 15.6. The van der Waals surface area contributed by atoms with E-state index in [9.17, 15) is 0 Å². The average molecular weight is 321 g/mol. The number of halogens is 1. The summed E-state index contributed by atoms with van der Waals surface area (Å²) >= 11 is 3.54. The van der Waals surface area contributed by atoms with Crippen LogP contribution in [0.25, 0.3) is 0 Å². The van der Waals surface area contributed by atoms with Gasteiger partial charge in [-0.3, -0.25) is 16.0 Å². The number of hydrazine groups is 1. The molecule has 0 aliphatic carbocycles. The van der Waals surface area contributed by atoms with Gasteiger partial charge in [0, 0.05) is 26.6 Å². The van der Waals surface area contributed by atoms with Crippen LogP contribution in [0.15, 0.2) is 4.47 Å². The Balaban J connectivity index is 2.51. The third-order valence-electron chi connectivity index (χ3n) is 2.69. The number of nitrogens with zero attached hydrogens (tertiary/aromatic N) is 2. The van der Waals surface area contributed by atoms with Crippen LogP contribution >= 0.6 is 15.9 Å². The summed E-state index contributed by atoms with van der Waals surface area (Å²) in [5.41, 5.74) is 4.84. The first-order chi connectivity index (χ1) is 8.60. The minimum atomic E-state index is 0.0490. The smallest absolute Gasteiger partial charge is 0.0738 e. The van der Waals surface area contributed by atoms with Crippen LogP contribution in [0.4, 0.5) is 0 Å².